The highest BCUT2D eigenvalue weighted by Gasteiger charge is 2.31. The van der Waals surface area contributed by atoms with E-state index >= 15 is 0 Å². The fourth-order valence-electron chi connectivity index (χ4n) is 2.11. The van der Waals surface area contributed by atoms with Crippen LogP contribution in [0.4, 0.5) is 0 Å². The first-order valence-electron chi connectivity index (χ1n) is 7.32. The molecule has 1 aliphatic rings. The molecule has 1 saturated carbocycles. The monoisotopic (exact) mass is 330 g/mol. The van der Waals surface area contributed by atoms with Crippen LogP contribution in [-0.4, -0.2) is 22.9 Å². The summed E-state index contributed by atoms with van der Waals surface area (Å²) in [4.78, 5) is 28.6. The van der Waals surface area contributed by atoms with Crippen LogP contribution >= 0.6 is 11.6 Å². The molecular weight excluding hydrogens is 316 g/mol. The summed E-state index contributed by atoms with van der Waals surface area (Å²) in [6.07, 6.45) is 2.37. The van der Waals surface area contributed by atoms with Crippen LogP contribution in [0.15, 0.2) is 48.7 Å². The first-order valence-corrected chi connectivity index (χ1v) is 7.70. The molecule has 6 heteroatoms. The molecule has 1 N–H and O–H groups in total. The molecule has 1 amide bonds. The lowest BCUT2D eigenvalue weighted by molar-refractivity contribution is -0.130. The van der Waals surface area contributed by atoms with Crippen molar-refractivity contribution in [3.8, 4) is 0 Å². The van der Waals surface area contributed by atoms with Crippen molar-refractivity contribution in [2.75, 3.05) is 0 Å². The molecule has 1 aromatic carbocycles. The average molecular weight is 331 g/mol. The topological polar surface area (TPSA) is 68.3 Å². The highest BCUT2D eigenvalue weighted by atomic mass is 35.5. The predicted molar refractivity (Wildman–Crippen MR) is 85.0 cm³/mol. The van der Waals surface area contributed by atoms with Gasteiger partial charge in [0.05, 0.1) is 5.56 Å². The number of pyridine rings is 1. The molecule has 1 aliphatic carbocycles. The van der Waals surface area contributed by atoms with Crippen LogP contribution in [0.25, 0.3) is 0 Å². The van der Waals surface area contributed by atoms with Crippen LogP contribution in [0.3, 0.4) is 0 Å². The van der Waals surface area contributed by atoms with E-state index in [9.17, 15) is 9.59 Å². The number of halogens is 1. The second kappa shape index (κ2) is 6.79. The van der Waals surface area contributed by atoms with Gasteiger partial charge in [0.25, 0.3) is 5.91 Å². The van der Waals surface area contributed by atoms with E-state index in [4.69, 9.17) is 16.3 Å². The number of esters is 1. The van der Waals surface area contributed by atoms with Gasteiger partial charge >= 0.3 is 5.97 Å². The zero-order valence-corrected chi connectivity index (χ0v) is 13.0. The average Bonchev–Trinajstić information content (AvgIpc) is 3.37. The van der Waals surface area contributed by atoms with E-state index in [1.54, 1.807) is 30.3 Å². The van der Waals surface area contributed by atoms with Crippen molar-refractivity contribution in [2.24, 2.45) is 0 Å². The number of hydrogen-bond acceptors (Lipinski definition) is 4. The van der Waals surface area contributed by atoms with Gasteiger partial charge in [0.2, 0.25) is 6.10 Å². The number of ether oxygens (including phenoxy) is 1. The molecule has 0 bridgehead atoms. The summed E-state index contributed by atoms with van der Waals surface area (Å²) in [5, 5.41) is 2.91. The van der Waals surface area contributed by atoms with E-state index in [-0.39, 0.29) is 22.7 Å². The van der Waals surface area contributed by atoms with Gasteiger partial charge in [0, 0.05) is 17.8 Å². The molecule has 118 valence electrons. The molecule has 0 saturated heterocycles. The molecule has 5 nitrogen and oxygen atoms in total. The molecular formula is C17H15ClN2O3. The van der Waals surface area contributed by atoms with Gasteiger partial charge in [-0.2, -0.15) is 0 Å². The Morgan fingerprint density at radius 3 is 2.57 bits per heavy atom. The van der Waals surface area contributed by atoms with Crippen LogP contribution in [0.1, 0.15) is 34.9 Å². The fraction of sp³-hybridized carbons (Fsp3) is 0.235. The maximum absolute atomic E-state index is 12.4. The number of hydrogen-bond donors (Lipinski definition) is 1. The normalized spacial score (nSPS) is 14.8. The molecule has 1 fully saturated rings. The third-order valence-corrected chi connectivity index (χ3v) is 3.77. The number of benzene rings is 1. The summed E-state index contributed by atoms with van der Waals surface area (Å²) in [6.45, 7) is 0. The maximum Gasteiger partial charge on any atom is 0.342 e. The summed E-state index contributed by atoms with van der Waals surface area (Å²) < 4.78 is 5.42. The first-order chi connectivity index (χ1) is 11.1. The molecule has 0 radical (unpaired) electrons. The number of rotatable bonds is 5. The smallest absolute Gasteiger partial charge is 0.342 e. The van der Waals surface area contributed by atoms with Crippen molar-refractivity contribution in [3.63, 3.8) is 0 Å². The van der Waals surface area contributed by atoms with Crippen LogP contribution < -0.4 is 5.32 Å². The van der Waals surface area contributed by atoms with Crippen LogP contribution in [0.2, 0.25) is 5.15 Å². The minimum atomic E-state index is -1.01. The molecule has 0 spiro atoms. The standard InChI is InChI=1S/C17H15ClN2O3/c18-15-13(7-4-10-19-15)17(22)23-14(11-5-2-1-3-6-11)16(21)20-12-8-9-12/h1-7,10,12,14H,8-9H2,(H,20,21)/t14-/m0/s1. The molecule has 23 heavy (non-hydrogen) atoms. The Morgan fingerprint density at radius 2 is 1.91 bits per heavy atom. The lowest BCUT2D eigenvalue weighted by Crippen LogP contribution is -2.33. The number of amides is 1. The fourth-order valence-corrected chi connectivity index (χ4v) is 2.31. The quantitative estimate of drug-likeness (QED) is 0.676. The maximum atomic E-state index is 12.4. The zero-order valence-electron chi connectivity index (χ0n) is 12.2. The van der Waals surface area contributed by atoms with E-state index in [0.717, 1.165) is 12.8 Å². The minimum absolute atomic E-state index is 0.0481. The van der Waals surface area contributed by atoms with E-state index < -0.39 is 12.1 Å². The third-order valence-electron chi connectivity index (χ3n) is 3.47. The Balaban J connectivity index is 1.82. The van der Waals surface area contributed by atoms with Gasteiger partial charge in [-0.1, -0.05) is 41.9 Å². The molecule has 1 aromatic heterocycles. The Hall–Kier alpha value is -2.40. The Morgan fingerprint density at radius 1 is 1.17 bits per heavy atom. The van der Waals surface area contributed by atoms with Crippen LogP contribution in [0.5, 0.6) is 0 Å². The second-order valence-electron chi connectivity index (χ2n) is 5.32. The molecule has 1 heterocycles. The van der Waals surface area contributed by atoms with E-state index in [1.165, 1.54) is 12.3 Å². The SMILES string of the molecule is O=C(O[C@H](C(=O)NC1CC1)c1ccccc1)c1cccnc1Cl. The van der Waals surface area contributed by atoms with Crippen LogP contribution in [-0.2, 0) is 9.53 Å². The Kier molecular flexibility index (Phi) is 4.57. The first kappa shape index (κ1) is 15.5. The number of nitrogens with zero attached hydrogens (tertiary/aromatic N) is 1. The van der Waals surface area contributed by atoms with Gasteiger partial charge in [-0.3, -0.25) is 4.79 Å². The molecule has 0 aliphatic heterocycles. The van der Waals surface area contributed by atoms with E-state index in [2.05, 4.69) is 10.3 Å². The molecule has 1 atom stereocenters. The molecule has 3 rings (SSSR count). The number of aromatic nitrogens is 1. The minimum Gasteiger partial charge on any atom is -0.444 e. The van der Waals surface area contributed by atoms with E-state index in [1.807, 2.05) is 6.07 Å². The lowest BCUT2D eigenvalue weighted by Gasteiger charge is -2.18. The summed E-state index contributed by atoms with van der Waals surface area (Å²) in [5.41, 5.74) is 0.744. The van der Waals surface area contributed by atoms with Gasteiger partial charge in [0.1, 0.15) is 5.15 Å². The largest absolute Gasteiger partial charge is 0.444 e. The van der Waals surface area contributed by atoms with Crippen molar-refractivity contribution >= 4 is 23.5 Å². The summed E-state index contributed by atoms with van der Waals surface area (Å²) >= 11 is 5.91. The number of carbonyl (C=O) groups is 2. The van der Waals surface area contributed by atoms with E-state index in [0.29, 0.717) is 5.56 Å². The van der Waals surface area contributed by atoms with Gasteiger partial charge in [-0.05, 0) is 25.0 Å². The predicted octanol–water partition coefficient (Wildman–Crippen LogP) is 2.91. The Bertz CT molecular complexity index is 717. The van der Waals surface area contributed by atoms with Crippen molar-refractivity contribution in [1.29, 1.82) is 0 Å². The number of nitrogens with one attached hydrogen (secondary N) is 1. The Labute approximate surface area is 138 Å². The van der Waals surface area contributed by atoms with Gasteiger partial charge in [-0.15, -0.1) is 0 Å². The van der Waals surface area contributed by atoms with Crippen molar-refractivity contribution in [3.05, 3.63) is 64.9 Å². The zero-order chi connectivity index (χ0) is 16.2. The summed E-state index contributed by atoms with van der Waals surface area (Å²) in [7, 11) is 0. The van der Waals surface area contributed by atoms with Crippen LogP contribution in [0, 0.1) is 0 Å². The third kappa shape index (κ3) is 3.87. The lowest BCUT2D eigenvalue weighted by atomic mass is 10.1. The van der Waals surface area contributed by atoms with Gasteiger partial charge in [0.15, 0.2) is 0 Å². The van der Waals surface area contributed by atoms with Gasteiger partial charge < -0.3 is 10.1 Å². The second-order valence-corrected chi connectivity index (χ2v) is 5.68. The van der Waals surface area contributed by atoms with Crippen molar-refractivity contribution in [2.45, 2.75) is 25.0 Å². The number of carbonyl (C=O) groups excluding carboxylic acids is 2. The summed E-state index contributed by atoms with van der Waals surface area (Å²) in [6, 6.07) is 12.2. The molecule has 0 unspecified atom stereocenters. The highest BCUT2D eigenvalue weighted by molar-refractivity contribution is 6.32. The summed E-state index contributed by atoms with van der Waals surface area (Å²) in [5.74, 6) is -1.00. The van der Waals surface area contributed by atoms with Crippen molar-refractivity contribution < 1.29 is 14.3 Å². The highest BCUT2D eigenvalue weighted by Crippen LogP contribution is 2.25. The van der Waals surface area contributed by atoms with Crippen molar-refractivity contribution in [1.82, 2.24) is 10.3 Å². The molecule has 2 aromatic rings. The van der Waals surface area contributed by atoms with Gasteiger partial charge in [-0.25, -0.2) is 9.78 Å².